The summed E-state index contributed by atoms with van der Waals surface area (Å²) < 4.78 is 3.25. The third-order valence-electron chi connectivity index (χ3n) is 5.57. The molecule has 1 aromatic carbocycles. The van der Waals surface area contributed by atoms with Gasteiger partial charge in [-0.05, 0) is 49.7 Å². The Hall–Kier alpha value is -3.82. The lowest BCUT2D eigenvalue weighted by Crippen LogP contribution is -2.27. The smallest absolute Gasteiger partial charge is 0.268 e. The van der Waals surface area contributed by atoms with Gasteiger partial charge in [-0.25, -0.2) is 9.67 Å². The number of amides is 1. The SMILES string of the molecule is Cc1nc2scc(CC(=O)NCc3cccnc3)n2c(=O)c1-c1cc(C)n(-c2cccc(Cl)c2)n1. The van der Waals surface area contributed by atoms with Crippen LogP contribution in [0.25, 0.3) is 21.9 Å². The number of aromatic nitrogens is 5. The Balaban J connectivity index is 1.48. The van der Waals surface area contributed by atoms with Crippen LogP contribution in [-0.2, 0) is 17.8 Å². The standard InChI is InChI=1S/C25H21ClN6O2S/c1-15-9-21(30-32(15)19-7-3-6-18(26)10-19)23-16(2)29-25-31(24(23)34)20(14-35-25)11-22(33)28-13-17-5-4-8-27-12-17/h3-10,12,14H,11,13H2,1-2H3,(H,28,33). The van der Waals surface area contributed by atoms with Crippen molar-refractivity contribution in [3.8, 4) is 16.9 Å². The van der Waals surface area contributed by atoms with Gasteiger partial charge in [-0.15, -0.1) is 11.3 Å². The second-order valence-electron chi connectivity index (χ2n) is 8.10. The highest BCUT2D eigenvalue weighted by Gasteiger charge is 2.20. The number of nitrogens with zero attached hydrogens (tertiary/aromatic N) is 5. The maximum Gasteiger partial charge on any atom is 0.268 e. The molecule has 176 valence electrons. The number of hydrogen-bond acceptors (Lipinski definition) is 6. The Morgan fingerprint density at radius 1 is 1.17 bits per heavy atom. The molecule has 0 fully saturated rings. The Bertz CT molecular complexity index is 1610. The van der Waals surface area contributed by atoms with E-state index >= 15 is 0 Å². The van der Waals surface area contributed by atoms with E-state index in [-0.39, 0.29) is 17.9 Å². The van der Waals surface area contributed by atoms with Gasteiger partial charge in [0, 0.05) is 40.7 Å². The third kappa shape index (κ3) is 4.60. The van der Waals surface area contributed by atoms with Crippen molar-refractivity contribution in [3.05, 3.63) is 98.3 Å². The average Bonchev–Trinajstić information content (AvgIpc) is 3.41. The van der Waals surface area contributed by atoms with Crippen molar-refractivity contribution in [2.45, 2.75) is 26.8 Å². The lowest BCUT2D eigenvalue weighted by Gasteiger charge is -2.07. The van der Waals surface area contributed by atoms with Crippen molar-refractivity contribution in [1.82, 2.24) is 29.5 Å². The molecule has 0 bridgehead atoms. The monoisotopic (exact) mass is 504 g/mol. The molecule has 0 aliphatic carbocycles. The van der Waals surface area contributed by atoms with Gasteiger partial charge in [-0.3, -0.25) is 19.0 Å². The second kappa shape index (κ2) is 9.44. The number of carbonyl (C=O) groups excluding carboxylic acids is 1. The minimum atomic E-state index is -0.250. The molecule has 8 nitrogen and oxygen atoms in total. The molecule has 35 heavy (non-hydrogen) atoms. The number of hydrogen-bond donors (Lipinski definition) is 1. The Labute approximate surface area is 209 Å². The van der Waals surface area contributed by atoms with Crippen LogP contribution in [0.3, 0.4) is 0 Å². The fourth-order valence-electron chi connectivity index (χ4n) is 3.92. The quantitative estimate of drug-likeness (QED) is 0.375. The van der Waals surface area contributed by atoms with Gasteiger partial charge in [0.25, 0.3) is 5.56 Å². The van der Waals surface area contributed by atoms with Crippen LogP contribution in [-0.4, -0.2) is 30.1 Å². The fraction of sp³-hybridized carbons (Fsp3) is 0.160. The Morgan fingerprint density at radius 2 is 2.03 bits per heavy atom. The molecule has 0 spiro atoms. The minimum Gasteiger partial charge on any atom is -0.352 e. The highest BCUT2D eigenvalue weighted by atomic mass is 35.5. The highest BCUT2D eigenvalue weighted by Crippen LogP contribution is 2.24. The van der Waals surface area contributed by atoms with Crippen molar-refractivity contribution >= 4 is 33.8 Å². The summed E-state index contributed by atoms with van der Waals surface area (Å²) in [6.45, 7) is 4.08. The zero-order valence-electron chi connectivity index (χ0n) is 19.0. The molecular weight excluding hydrogens is 484 g/mol. The molecule has 0 aliphatic rings. The first-order valence-corrected chi connectivity index (χ1v) is 12.1. The van der Waals surface area contributed by atoms with E-state index in [1.54, 1.807) is 35.4 Å². The molecule has 0 saturated carbocycles. The maximum atomic E-state index is 13.6. The topological polar surface area (TPSA) is 94.2 Å². The van der Waals surface area contributed by atoms with E-state index in [9.17, 15) is 9.59 Å². The molecule has 10 heteroatoms. The van der Waals surface area contributed by atoms with Crippen molar-refractivity contribution in [2.24, 2.45) is 0 Å². The zero-order chi connectivity index (χ0) is 24.5. The Kier molecular flexibility index (Phi) is 6.19. The average molecular weight is 505 g/mol. The number of rotatable bonds is 6. The normalized spacial score (nSPS) is 11.2. The maximum absolute atomic E-state index is 13.6. The fourth-order valence-corrected chi connectivity index (χ4v) is 5.03. The van der Waals surface area contributed by atoms with E-state index in [4.69, 9.17) is 11.6 Å². The molecule has 0 atom stereocenters. The van der Waals surface area contributed by atoms with Crippen molar-refractivity contribution in [2.75, 3.05) is 0 Å². The minimum absolute atomic E-state index is 0.0559. The summed E-state index contributed by atoms with van der Waals surface area (Å²) in [5.41, 5.74) is 4.39. The predicted octanol–water partition coefficient (Wildman–Crippen LogP) is 4.13. The van der Waals surface area contributed by atoms with Crippen LogP contribution in [0.5, 0.6) is 0 Å². The van der Waals surface area contributed by atoms with E-state index in [0.29, 0.717) is 39.2 Å². The largest absolute Gasteiger partial charge is 0.352 e. The molecule has 0 unspecified atom stereocenters. The molecule has 4 aromatic heterocycles. The highest BCUT2D eigenvalue weighted by molar-refractivity contribution is 7.15. The van der Waals surface area contributed by atoms with Crippen molar-refractivity contribution in [3.63, 3.8) is 0 Å². The summed E-state index contributed by atoms with van der Waals surface area (Å²) in [5.74, 6) is -0.191. The summed E-state index contributed by atoms with van der Waals surface area (Å²) >= 11 is 7.48. The number of thiazole rings is 1. The van der Waals surface area contributed by atoms with Gasteiger partial charge in [0.15, 0.2) is 4.96 Å². The number of benzene rings is 1. The number of fused-ring (bicyclic) bond motifs is 1. The third-order valence-corrected chi connectivity index (χ3v) is 6.68. The van der Waals surface area contributed by atoms with Crippen molar-refractivity contribution in [1.29, 1.82) is 0 Å². The molecular formula is C25H21ClN6O2S. The first kappa shape index (κ1) is 22.9. The first-order valence-electron chi connectivity index (χ1n) is 10.9. The van der Waals surface area contributed by atoms with E-state index < -0.39 is 0 Å². The van der Waals surface area contributed by atoms with Gasteiger partial charge < -0.3 is 5.32 Å². The van der Waals surface area contributed by atoms with Gasteiger partial charge in [0.05, 0.1) is 23.4 Å². The number of aryl methyl sites for hydroxylation is 2. The van der Waals surface area contributed by atoms with Crippen LogP contribution in [0.1, 0.15) is 22.6 Å². The Morgan fingerprint density at radius 3 is 2.80 bits per heavy atom. The molecule has 0 aliphatic heterocycles. The van der Waals surface area contributed by atoms with Crippen LogP contribution < -0.4 is 10.9 Å². The van der Waals surface area contributed by atoms with Gasteiger partial charge >= 0.3 is 0 Å². The second-order valence-corrected chi connectivity index (χ2v) is 9.37. The predicted molar refractivity (Wildman–Crippen MR) is 136 cm³/mol. The number of halogens is 1. The zero-order valence-corrected chi connectivity index (χ0v) is 20.6. The molecule has 5 rings (SSSR count). The van der Waals surface area contributed by atoms with E-state index in [2.05, 4.69) is 20.4 Å². The van der Waals surface area contributed by atoms with Gasteiger partial charge in [-0.1, -0.05) is 23.7 Å². The van der Waals surface area contributed by atoms with Gasteiger partial charge in [0.2, 0.25) is 5.91 Å². The summed E-state index contributed by atoms with van der Waals surface area (Å²) in [5, 5.41) is 9.95. The van der Waals surface area contributed by atoms with Crippen molar-refractivity contribution < 1.29 is 4.79 Å². The molecule has 1 amide bonds. The molecule has 5 aromatic rings. The lowest BCUT2D eigenvalue weighted by atomic mass is 10.1. The molecule has 0 saturated heterocycles. The van der Waals surface area contributed by atoms with E-state index in [1.807, 2.05) is 43.3 Å². The summed E-state index contributed by atoms with van der Waals surface area (Å²) in [7, 11) is 0. The molecule has 0 radical (unpaired) electrons. The van der Waals surface area contributed by atoms with Gasteiger partial charge in [-0.2, -0.15) is 5.10 Å². The summed E-state index contributed by atoms with van der Waals surface area (Å²) in [4.78, 5) is 35.4. The van der Waals surface area contributed by atoms with Crippen LogP contribution in [0.4, 0.5) is 0 Å². The number of pyridine rings is 1. The summed E-state index contributed by atoms with van der Waals surface area (Å²) in [6.07, 6.45) is 3.44. The number of nitrogens with one attached hydrogen (secondary N) is 1. The van der Waals surface area contributed by atoms with Gasteiger partial charge in [0.1, 0.15) is 5.69 Å². The van der Waals surface area contributed by atoms with Crippen LogP contribution in [0.15, 0.2) is 65.0 Å². The molecule has 1 N–H and O–H groups in total. The summed E-state index contributed by atoms with van der Waals surface area (Å²) in [6, 6.07) is 12.9. The van der Waals surface area contributed by atoms with Crippen LogP contribution >= 0.6 is 22.9 Å². The van der Waals surface area contributed by atoms with E-state index in [0.717, 1.165) is 16.9 Å². The van der Waals surface area contributed by atoms with E-state index in [1.165, 1.54) is 15.7 Å². The first-order chi connectivity index (χ1) is 16.9. The molecule has 4 heterocycles. The van der Waals surface area contributed by atoms with Crippen LogP contribution in [0.2, 0.25) is 5.02 Å². The lowest BCUT2D eigenvalue weighted by molar-refractivity contribution is -0.120. The van der Waals surface area contributed by atoms with Crippen LogP contribution in [0, 0.1) is 13.8 Å². The number of carbonyl (C=O) groups is 1.